The van der Waals surface area contributed by atoms with Crippen LogP contribution in [0.25, 0.3) is 72.8 Å². The number of hydrogen-bond donors (Lipinski definition) is 0. The molecule has 2 aliphatic heterocycles. The third kappa shape index (κ3) is 7.01. The van der Waals surface area contributed by atoms with E-state index < -0.39 is 11.7 Å². The highest BCUT2D eigenvalue weighted by atomic mass is 19.4. The van der Waals surface area contributed by atoms with Gasteiger partial charge in [0.05, 0.1) is 22.3 Å². The predicted molar refractivity (Wildman–Crippen MR) is 295 cm³/mol. The molecule has 0 fully saturated rings. The number of benzene rings is 10. The zero-order valence-electron chi connectivity index (χ0n) is 39.5. The number of halogens is 3. The molecule has 14 rings (SSSR count). The van der Waals surface area contributed by atoms with E-state index in [4.69, 9.17) is 15.0 Å². The van der Waals surface area contributed by atoms with Gasteiger partial charge in [0.2, 0.25) is 0 Å². The van der Waals surface area contributed by atoms with Crippen molar-refractivity contribution in [1.82, 2.24) is 19.5 Å². The third-order valence-electron chi connectivity index (χ3n) is 14.4. The van der Waals surface area contributed by atoms with Crippen molar-refractivity contribution in [2.75, 3.05) is 9.80 Å². The Morgan fingerprint density at radius 3 is 1.34 bits per heavy atom. The summed E-state index contributed by atoms with van der Waals surface area (Å²) in [6, 6.07) is 80.0. The zero-order valence-corrected chi connectivity index (χ0v) is 39.5. The summed E-state index contributed by atoms with van der Waals surface area (Å²) in [5.41, 5.74) is 14.3. The smallest absolute Gasteiger partial charge is 0.311 e. The highest BCUT2D eigenvalue weighted by molar-refractivity contribution is 7.00. The number of alkyl halides is 3. The van der Waals surface area contributed by atoms with Crippen molar-refractivity contribution >= 4 is 79.0 Å². The van der Waals surface area contributed by atoms with E-state index in [0.717, 1.165) is 73.2 Å². The molecule has 2 aliphatic rings. The summed E-state index contributed by atoms with van der Waals surface area (Å²) in [6.45, 7) is -0.0483. The summed E-state index contributed by atoms with van der Waals surface area (Å²) in [7, 11) is 0. The molecule has 0 bridgehead atoms. The van der Waals surface area contributed by atoms with Gasteiger partial charge >= 0.3 is 6.18 Å². The lowest BCUT2D eigenvalue weighted by molar-refractivity contribution is -0.137. The van der Waals surface area contributed by atoms with Crippen molar-refractivity contribution in [3.63, 3.8) is 0 Å². The van der Waals surface area contributed by atoms with Crippen LogP contribution < -0.4 is 26.2 Å². The molecule has 2 aromatic heterocycles. The van der Waals surface area contributed by atoms with E-state index in [-0.39, 0.29) is 18.2 Å². The third-order valence-corrected chi connectivity index (χ3v) is 14.4. The normalized spacial score (nSPS) is 12.7. The Kier molecular flexibility index (Phi) is 9.98. The highest BCUT2D eigenvalue weighted by Crippen LogP contribution is 2.47. The van der Waals surface area contributed by atoms with Crippen molar-refractivity contribution in [3.8, 4) is 51.0 Å². The molecule has 12 aromatic rings. The Morgan fingerprint density at radius 1 is 0.338 bits per heavy atom. The van der Waals surface area contributed by atoms with Gasteiger partial charge in [0.25, 0.3) is 6.71 Å². The SMILES string of the molecule is FC(F)(F)c1ccc(-c2nc(-c3ccccc3)nc(-c3ccccc3)n2)cc1-n1c2ccccc2c2cc(-c3cc4c5c(c3)N(c3ccccc3)c3ccccc3B5c3ccccc3N4c3ccccc3)ccc21. The Labute approximate surface area is 425 Å². The topological polar surface area (TPSA) is 50.1 Å². The Balaban J connectivity index is 0.990. The van der Waals surface area contributed by atoms with E-state index in [2.05, 4.69) is 125 Å². The fourth-order valence-electron chi connectivity index (χ4n) is 11.2. The lowest BCUT2D eigenvalue weighted by Crippen LogP contribution is -2.61. The first-order valence-electron chi connectivity index (χ1n) is 24.5. The van der Waals surface area contributed by atoms with E-state index in [1.165, 1.54) is 22.5 Å². The average Bonchev–Trinajstić information content (AvgIpc) is 3.79. The molecule has 0 N–H and O–H groups in total. The van der Waals surface area contributed by atoms with Gasteiger partial charge in [0.15, 0.2) is 17.5 Å². The molecule has 0 radical (unpaired) electrons. The fraction of sp³-hybridized carbons (Fsp3) is 0.0156. The van der Waals surface area contributed by atoms with Crippen LogP contribution in [0, 0.1) is 0 Å². The molecular formula is C64H40BF3N6. The largest absolute Gasteiger partial charge is 0.418 e. The van der Waals surface area contributed by atoms with Crippen LogP contribution in [0.4, 0.5) is 47.3 Å². The minimum atomic E-state index is -4.69. The Hall–Kier alpha value is -9.54. The first-order chi connectivity index (χ1) is 36.4. The highest BCUT2D eigenvalue weighted by Gasteiger charge is 2.43. The van der Waals surface area contributed by atoms with Crippen LogP contribution in [0.3, 0.4) is 0 Å². The molecule has 10 aromatic carbocycles. The number of nitrogens with zero attached hydrogens (tertiary/aromatic N) is 6. The number of rotatable bonds is 7. The molecular weight excluding hydrogens is 921 g/mol. The molecule has 0 atom stereocenters. The van der Waals surface area contributed by atoms with Crippen molar-refractivity contribution in [3.05, 3.63) is 248 Å². The minimum absolute atomic E-state index is 0.0320. The fourth-order valence-corrected chi connectivity index (χ4v) is 11.2. The van der Waals surface area contributed by atoms with Gasteiger partial charge in [-0.25, -0.2) is 15.0 Å². The lowest BCUT2D eigenvalue weighted by atomic mass is 9.33. The van der Waals surface area contributed by atoms with Crippen LogP contribution in [0.15, 0.2) is 243 Å². The van der Waals surface area contributed by atoms with Crippen LogP contribution in [-0.4, -0.2) is 26.2 Å². The van der Waals surface area contributed by atoms with E-state index in [9.17, 15) is 0 Å². The second kappa shape index (κ2) is 17.1. The van der Waals surface area contributed by atoms with Gasteiger partial charge in [-0.2, -0.15) is 13.2 Å². The Morgan fingerprint density at radius 2 is 0.784 bits per heavy atom. The van der Waals surface area contributed by atoms with Crippen molar-refractivity contribution in [2.45, 2.75) is 6.18 Å². The molecule has 0 aliphatic carbocycles. The van der Waals surface area contributed by atoms with E-state index >= 15 is 13.2 Å². The van der Waals surface area contributed by atoms with Crippen molar-refractivity contribution in [1.29, 1.82) is 0 Å². The standard InChI is InChI=1S/C64H40BF3N6/c66-64(67,68)50-35-33-44(63-70-61(41-19-5-1-6-20-41)69-62(71-63)42-21-7-2-8-22-42)38-57(50)74-53-30-16-13-27-48(53)49-37-43(34-36-54(49)74)45-39-58-60-59(40-45)73(47-25-11-4-12-26-47)56-32-18-15-29-52(56)65(60)51-28-14-17-31-55(51)72(58)46-23-9-3-10-24-46/h1-40H. The number of hydrogen-bond acceptors (Lipinski definition) is 5. The van der Waals surface area contributed by atoms with Gasteiger partial charge in [0, 0.05) is 61.6 Å². The van der Waals surface area contributed by atoms with Gasteiger partial charge in [-0.15, -0.1) is 0 Å². The molecule has 10 heteroatoms. The molecule has 0 spiro atoms. The summed E-state index contributed by atoms with van der Waals surface area (Å²) in [4.78, 5) is 19.4. The molecule has 0 saturated carbocycles. The van der Waals surface area contributed by atoms with E-state index in [0.29, 0.717) is 28.2 Å². The predicted octanol–water partition coefficient (Wildman–Crippen LogP) is 14.7. The van der Waals surface area contributed by atoms with Crippen LogP contribution in [0.2, 0.25) is 0 Å². The van der Waals surface area contributed by atoms with Gasteiger partial charge in [-0.05, 0) is 106 Å². The second-order valence-electron chi connectivity index (χ2n) is 18.7. The molecule has 6 nitrogen and oxygen atoms in total. The minimum Gasteiger partial charge on any atom is -0.311 e. The zero-order chi connectivity index (χ0) is 49.5. The monoisotopic (exact) mass is 960 g/mol. The summed E-state index contributed by atoms with van der Waals surface area (Å²) < 4.78 is 48.2. The molecule has 0 saturated heterocycles. The van der Waals surface area contributed by atoms with E-state index in [1.807, 2.05) is 109 Å². The number of aromatic nitrogens is 4. The molecule has 350 valence electrons. The van der Waals surface area contributed by atoms with Gasteiger partial charge in [0.1, 0.15) is 0 Å². The molecule has 0 unspecified atom stereocenters. The number of fused-ring (bicyclic) bond motifs is 7. The maximum atomic E-state index is 15.5. The quantitative estimate of drug-likeness (QED) is 0.149. The van der Waals surface area contributed by atoms with Crippen LogP contribution in [0.5, 0.6) is 0 Å². The van der Waals surface area contributed by atoms with Gasteiger partial charge < -0.3 is 14.4 Å². The first-order valence-corrected chi connectivity index (χ1v) is 24.5. The molecule has 74 heavy (non-hydrogen) atoms. The number of anilines is 6. The van der Waals surface area contributed by atoms with Crippen LogP contribution >= 0.6 is 0 Å². The number of para-hydroxylation sites is 5. The maximum absolute atomic E-state index is 15.5. The molecule has 0 amide bonds. The average molecular weight is 961 g/mol. The molecule has 4 heterocycles. The Bertz CT molecular complexity index is 3980. The summed E-state index contributed by atoms with van der Waals surface area (Å²) >= 11 is 0. The summed E-state index contributed by atoms with van der Waals surface area (Å²) in [5, 5.41) is 1.63. The van der Waals surface area contributed by atoms with Crippen LogP contribution in [0.1, 0.15) is 5.56 Å². The summed E-state index contributed by atoms with van der Waals surface area (Å²) in [6.07, 6.45) is -4.69. The first kappa shape index (κ1) is 43.3. The van der Waals surface area contributed by atoms with E-state index in [1.54, 1.807) is 10.6 Å². The van der Waals surface area contributed by atoms with Crippen molar-refractivity contribution in [2.24, 2.45) is 0 Å². The van der Waals surface area contributed by atoms with Gasteiger partial charge in [-0.3, -0.25) is 0 Å². The maximum Gasteiger partial charge on any atom is 0.418 e. The van der Waals surface area contributed by atoms with Gasteiger partial charge in [-0.1, -0.05) is 164 Å². The van der Waals surface area contributed by atoms with Crippen molar-refractivity contribution < 1.29 is 13.2 Å². The summed E-state index contributed by atoms with van der Waals surface area (Å²) in [5.74, 6) is 1.09. The van der Waals surface area contributed by atoms with Crippen LogP contribution in [-0.2, 0) is 6.18 Å². The second-order valence-corrected chi connectivity index (χ2v) is 18.7. The lowest BCUT2D eigenvalue weighted by Gasteiger charge is -2.44.